The van der Waals surface area contributed by atoms with Crippen LogP contribution in [0.15, 0.2) is 36.4 Å². The minimum absolute atomic E-state index is 0.0251. The summed E-state index contributed by atoms with van der Waals surface area (Å²) in [6.07, 6.45) is 0. The van der Waals surface area contributed by atoms with Crippen LogP contribution in [0.25, 0.3) is 10.2 Å². The third kappa shape index (κ3) is 2.64. The van der Waals surface area contributed by atoms with E-state index in [0.29, 0.717) is 24.6 Å². The van der Waals surface area contributed by atoms with Crippen molar-refractivity contribution in [2.24, 2.45) is 5.92 Å². The molecule has 0 radical (unpaired) electrons. The highest BCUT2D eigenvalue weighted by atomic mass is 32.1. The van der Waals surface area contributed by atoms with Crippen molar-refractivity contribution in [2.75, 3.05) is 30.1 Å². The Morgan fingerprint density at radius 3 is 2.92 bits per heavy atom. The summed E-state index contributed by atoms with van der Waals surface area (Å²) >= 11 is 1.68. The second kappa shape index (κ2) is 5.88. The predicted molar refractivity (Wildman–Crippen MR) is 101 cm³/mol. The van der Waals surface area contributed by atoms with Crippen LogP contribution < -0.4 is 19.7 Å². The standard InChI is InChI=1S/C19H17N3O3S/c1-11-2-4-14-17(6-11)26-19(21-14)22-8-12(9-22)18(23)20-13-3-5-15-16(7-13)25-10-24-15/h2-7,12H,8-10H2,1H3,(H,20,23). The maximum atomic E-state index is 12.5. The molecule has 2 aliphatic rings. The number of carbonyl (C=O) groups is 1. The molecule has 0 atom stereocenters. The summed E-state index contributed by atoms with van der Waals surface area (Å²) in [5.41, 5.74) is 2.98. The van der Waals surface area contributed by atoms with Crippen LogP contribution in [0.2, 0.25) is 0 Å². The van der Waals surface area contributed by atoms with Crippen molar-refractivity contribution in [3.05, 3.63) is 42.0 Å². The van der Waals surface area contributed by atoms with Crippen molar-refractivity contribution in [1.29, 1.82) is 0 Å². The van der Waals surface area contributed by atoms with Gasteiger partial charge in [0.25, 0.3) is 0 Å². The molecule has 0 spiro atoms. The minimum atomic E-state index is -0.0332. The summed E-state index contributed by atoms with van der Waals surface area (Å²) in [5.74, 6) is 1.37. The van der Waals surface area contributed by atoms with Crippen LogP contribution in [-0.4, -0.2) is 30.8 Å². The van der Waals surface area contributed by atoms with Gasteiger partial charge in [0, 0.05) is 24.8 Å². The van der Waals surface area contributed by atoms with Gasteiger partial charge in [-0.3, -0.25) is 4.79 Å². The van der Waals surface area contributed by atoms with Crippen LogP contribution in [0.5, 0.6) is 11.5 Å². The molecule has 1 aromatic heterocycles. The van der Waals surface area contributed by atoms with Crippen molar-refractivity contribution >= 4 is 38.3 Å². The van der Waals surface area contributed by atoms with Crippen LogP contribution in [-0.2, 0) is 4.79 Å². The van der Waals surface area contributed by atoms with E-state index in [1.807, 2.05) is 18.2 Å². The molecule has 26 heavy (non-hydrogen) atoms. The van der Waals surface area contributed by atoms with Gasteiger partial charge >= 0.3 is 0 Å². The number of rotatable bonds is 3. The van der Waals surface area contributed by atoms with Crippen LogP contribution in [0.4, 0.5) is 10.8 Å². The Morgan fingerprint density at radius 2 is 2.04 bits per heavy atom. The number of thiazole rings is 1. The number of carbonyl (C=O) groups excluding carboxylic acids is 1. The highest BCUT2D eigenvalue weighted by Gasteiger charge is 2.34. The Kier molecular flexibility index (Phi) is 3.49. The van der Waals surface area contributed by atoms with Crippen molar-refractivity contribution in [2.45, 2.75) is 6.92 Å². The number of aromatic nitrogens is 1. The van der Waals surface area contributed by atoms with Crippen LogP contribution >= 0.6 is 11.3 Å². The molecule has 3 aromatic rings. The lowest BCUT2D eigenvalue weighted by Crippen LogP contribution is -2.52. The fourth-order valence-electron chi connectivity index (χ4n) is 3.17. The Balaban J connectivity index is 1.23. The summed E-state index contributed by atoms with van der Waals surface area (Å²) in [4.78, 5) is 19.3. The van der Waals surface area contributed by atoms with Gasteiger partial charge < -0.3 is 19.7 Å². The molecule has 0 aliphatic carbocycles. The molecule has 0 saturated carbocycles. The number of fused-ring (bicyclic) bond motifs is 2. The summed E-state index contributed by atoms with van der Waals surface area (Å²) in [5, 5.41) is 3.95. The van der Waals surface area contributed by atoms with E-state index in [0.717, 1.165) is 16.3 Å². The number of hydrogen-bond acceptors (Lipinski definition) is 6. The van der Waals surface area contributed by atoms with Gasteiger partial charge in [0.2, 0.25) is 12.7 Å². The number of amides is 1. The maximum Gasteiger partial charge on any atom is 0.231 e. The fourth-order valence-corrected chi connectivity index (χ4v) is 4.26. The first kappa shape index (κ1) is 15.5. The lowest BCUT2D eigenvalue weighted by atomic mass is 10.00. The number of anilines is 2. The molecule has 0 unspecified atom stereocenters. The van der Waals surface area contributed by atoms with Crippen LogP contribution in [0.1, 0.15) is 5.56 Å². The highest BCUT2D eigenvalue weighted by Crippen LogP contribution is 2.36. The monoisotopic (exact) mass is 367 g/mol. The second-order valence-electron chi connectivity index (χ2n) is 6.63. The lowest BCUT2D eigenvalue weighted by Gasteiger charge is -2.37. The predicted octanol–water partition coefficient (Wildman–Crippen LogP) is 3.41. The van der Waals surface area contributed by atoms with Crippen molar-refractivity contribution in [1.82, 2.24) is 4.98 Å². The van der Waals surface area contributed by atoms with E-state index in [-0.39, 0.29) is 18.6 Å². The molecule has 6 nitrogen and oxygen atoms in total. The topological polar surface area (TPSA) is 63.7 Å². The normalized spacial score (nSPS) is 16.0. The van der Waals surface area contributed by atoms with Crippen LogP contribution in [0, 0.1) is 12.8 Å². The van der Waals surface area contributed by atoms with Crippen molar-refractivity contribution in [3.8, 4) is 11.5 Å². The molecule has 5 rings (SSSR count). The van der Waals surface area contributed by atoms with Gasteiger partial charge in [-0.2, -0.15) is 0 Å². The van der Waals surface area contributed by atoms with E-state index < -0.39 is 0 Å². The SMILES string of the molecule is Cc1ccc2nc(N3CC(C(=O)Nc4ccc5c(c4)OCO5)C3)sc2c1. The van der Waals surface area contributed by atoms with Gasteiger partial charge in [-0.1, -0.05) is 17.4 Å². The molecule has 2 aromatic carbocycles. The smallest absolute Gasteiger partial charge is 0.231 e. The largest absolute Gasteiger partial charge is 0.454 e. The number of ether oxygens (including phenoxy) is 2. The van der Waals surface area contributed by atoms with Gasteiger partial charge in [-0.25, -0.2) is 4.98 Å². The zero-order valence-electron chi connectivity index (χ0n) is 14.2. The van der Waals surface area contributed by atoms with Crippen LogP contribution in [0.3, 0.4) is 0 Å². The highest BCUT2D eigenvalue weighted by molar-refractivity contribution is 7.22. The van der Waals surface area contributed by atoms with Gasteiger partial charge in [0.05, 0.1) is 16.1 Å². The number of hydrogen-bond donors (Lipinski definition) is 1. The van der Waals surface area contributed by atoms with E-state index >= 15 is 0 Å². The zero-order chi connectivity index (χ0) is 17.7. The zero-order valence-corrected chi connectivity index (χ0v) is 15.0. The first-order valence-corrected chi connectivity index (χ1v) is 9.30. The Morgan fingerprint density at radius 1 is 1.19 bits per heavy atom. The van der Waals surface area contributed by atoms with Gasteiger partial charge in [-0.05, 0) is 36.8 Å². The second-order valence-corrected chi connectivity index (χ2v) is 7.64. The molecule has 1 saturated heterocycles. The molecule has 132 valence electrons. The molecular formula is C19H17N3O3S. The molecule has 7 heteroatoms. The number of aryl methyl sites for hydroxylation is 1. The van der Waals surface area contributed by atoms with Crippen molar-refractivity contribution < 1.29 is 14.3 Å². The van der Waals surface area contributed by atoms with E-state index in [9.17, 15) is 4.79 Å². The third-order valence-electron chi connectivity index (χ3n) is 4.70. The van der Waals surface area contributed by atoms with E-state index in [1.165, 1.54) is 10.3 Å². The van der Waals surface area contributed by atoms with E-state index in [4.69, 9.17) is 9.47 Å². The summed E-state index contributed by atoms with van der Waals surface area (Å²) in [6.45, 7) is 3.69. The molecule has 0 bridgehead atoms. The summed E-state index contributed by atoms with van der Waals surface area (Å²) in [7, 11) is 0. The average molecular weight is 367 g/mol. The molecule has 1 amide bonds. The minimum Gasteiger partial charge on any atom is -0.454 e. The molecule has 3 heterocycles. The molecular weight excluding hydrogens is 350 g/mol. The number of nitrogens with one attached hydrogen (secondary N) is 1. The van der Waals surface area contributed by atoms with Crippen molar-refractivity contribution in [3.63, 3.8) is 0 Å². The first-order chi connectivity index (χ1) is 12.7. The Hall–Kier alpha value is -2.80. The van der Waals surface area contributed by atoms with E-state index in [2.05, 4.69) is 34.3 Å². The molecule has 2 aliphatic heterocycles. The van der Waals surface area contributed by atoms with Gasteiger partial charge in [0.15, 0.2) is 16.6 Å². The van der Waals surface area contributed by atoms with Gasteiger partial charge in [-0.15, -0.1) is 0 Å². The summed E-state index contributed by atoms with van der Waals surface area (Å²) in [6, 6.07) is 11.7. The van der Waals surface area contributed by atoms with Gasteiger partial charge in [0.1, 0.15) is 0 Å². The molecule has 1 N–H and O–H groups in total. The van der Waals surface area contributed by atoms with E-state index in [1.54, 1.807) is 17.4 Å². The number of benzene rings is 2. The quantitative estimate of drug-likeness (QED) is 0.769. The number of nitrogens with zero attached hydrogens (tertiary/aromatic N) is 2. The summed E-state index contributed by atoms with van der Waals surface area (Å²) < 4.78 is 11.8. The Bertz CT molecular complexity index is 1010. The lowest BCUT2D eigenvalue weighted by molar-refractivity contribution is -0.120. The average Bonchev–Trinajstić information content (AvgIpc) is 3.18. The fraction of sp³-hybridized carbons (Fsp3) is 0.263. The molecule has 1 fully saturated rings. The Labute approximate surface area is 154 Å². The first-order valence-electron chi connectivity index (χ1n) is 8.48. The maximum absolute atomic E-state index is 12.5. The third-order valence-corrected chi connectivity index (χ3v) is 5.77.